The molecular formula is C17H24N6O7. The Labute approximate surface area is 171 Å². The van der Waals surface area contributed by atoms with Gasteiger partial charge in [-0.25, -0.2) is 9.59 Å². The number of nitrogens with one attached hydrogen (secondary N) is 6. The third kappa shape index (κ3) is 8.41. The van der Waals surface area contributed by atoms with Crippen LogP contribution in [0.2, 0.25) is 0 Å². The van der Waals surface area contributed by atoms with Crippen LogP contribution in [0.3, 0.4) is 0 Å². The molecule has 1 aromatic rings. The highest BCUT2D eigenvalue weighted by Gasteiger charge is 2.20. The molecule has 1 rings (SSSR count). The molecule has 0 radical (unpaired) electrons. The number of aliphatic carboxylic acids is 1. The van der Waals surface area contributed by atoms with E-state index in [1.807, 2.05) is 5.32 Å². The number of carbonyl (C=O) groups is 5. The monoisotopic (exact) mass is 424 g/mol. The van der Waals surface area contributed by atoms with Gasteiger partial charge >= 0.3 is 12.1 Å². The lowest BCUT2D eigenvalue weighted by Crippen LogP contribution is -2.45. The molecule has 13 heteroatoms. The first-order valence-corrected chi connectivity index (χ1v) is 8.72. The van der Waals surface area contributed by atoms with E-state index in [9.17, 15) is 24.0 Å². The van der Waals surface area contributed by atoms with Crippen molar-refractivity contribution in [2.24, 2.45) is 0 Å². The van der Waals surface area contributed by atoms with Gasteiger partial charge in [0.15, 0.2) is 0 Å². The van der Waals surface area contributed by atoms with E-state index in [2.05, 4.69) is 20.9 Å². The minimum atomic E-state index is -1.24. The van der Waals surface area contributed by atoms with Crippen molar-refractivity contribution in [3.05, 3.63) is 23.5 Å². The van der Waals surface area contributed by atoms with Crippen LogP contribution >= 0.6 is 0 Å². The molecule has 0 aliphatic rings. The van der Waals surface area contributed by atoms with Gasteiger partial charge < -0.3 is 25.5 Å². The Morgan fingerprint density at radius 1 is 1.17 bits per heavy atom. The van der Waals surface area contributed by atoms with E-state index in [-0.39, 0.29) is 30.8 Å². The summed E-state index contributed by atoms with van der Waals surface area (Å²) in [7, 11) is 0. The van der Waals surface area contributed by atoms with E-state index in [0.29, 0.717) is 0 Å². The highest BCUT2D eigenvalue weighted by molar-refractivity contribution is 6.07. The number of H-pyrrole nitrogens is 1. The summed E-state index contributed by atoms with van der Waals surface area (Å²) >= 11 is 0. The second kappa shape index (κ2) is 10.6. The van der Waals surface area contributed by atoms with Crippen LogP contribution in [-0.4, -0.2) is 64.5 Å². The Morgan fingerprint density at radius 3 is 2.30 bits per heavy atom. The van der Waals surface area contributed by atoms with E-state index >= 15 is 0 Å². The maximum atomic E-state index is 12.1. The fraction of sp³-hybridized carbons (Fsp3) is 0.412. The van der Waals surface area contributed by atoms with Gasteiger partial charge in [0.05, 0.1) is 0 Å². The second-order valence-corrected chi connectivity index (χ2v) is 6.96. The van der Waals surface area contributed by atoms with Gasteiger partial charge in [0.25, 0.3) is 11.8 Å². The van der Waals surface area contributed by atoms with Gasteiger partial charge in [-0.2, -0.15) is 0 Å². The molecule has 1 aromatic heterocycles. The Kier molecular flexibility index (Phi) is 8.52. The molecule has 0 bridgehead atoms. The molecule has 0 unspecified atom stereocenters. The van der Waals surface area contributed by atoms with Crippen LogP contribution in [-0.2, 0) is 14.3 Å². The predicted octanol–water partition coefficient (Wildman–Crippen LogP) is -0.477. The van der Waals surface area contributed by atoms with Gasteiger partial charge in [0.1, 0.15) is 23.0 Å². The number of carboxylic acid groups (broad SMARTS) is 1. The molecule has 1 heterocycles. The number of guanidine groups is 1. The van der Waals surface area contributed by atoms with Crippen molar-refractivity contribution in [3.8, 4) is 0 Å². The Morgan fingerprint density at radius 2 is 1.77 bits per heavy atom. The summed E-state index contributed by atoms with van der Waals surface area (Å²) in [6, 6.07) is 1.46. The zero-order chi connectivity index (χ0) is 22.9. The number of amides is 4. The molecule has 164 valence electrons. The molecule has 30 heavy (non-hydrogen) atoms. The number of alkyl carbamates (subject to hydrolysis) is 1. The van der Waals surface area contributed by atoms with Crippen LogP contribution in [0.25, 0.3) is 0 Å². The number of hydrogen-bond acceptors (Lipinski definition) is 7. The van der Waals surface area contributed by atoms with Crippen LogP contribution in [0.15, 0.2) is 12.1 Å². The summed E-state index contributed by atoms with van der Waals surface area (Å²) in [5.74, 6) is -3.24. The van der Waals surface area contributed by atoms with Gasteiger partial charge in [0, 0.05) is 6.54 Å². The van der Waals surface area contributed by atoms with Gasteiger partial charge in [-0.15, -0.1) is 0 Å². The molecule has 0 fully saturated rings. The summed E-state index contributed by atoms with van der Waals surface area (Å²) in [6.45, 7) is 4.88. The highest BCUT2D eigenvalue weighted by atomic mass is 16.6. The average Bonchev–Trinajstić information content (AvgIpc) is 3.09. The second-order valence-electron chi connectivity index (χ2n) is 6.96. The first-order valence-electron chi connectivity index (χ1n) is 8.72. The number of carbonyl (C=O) groups excluding carboxylic acids is 4. The normalized spacial score (nSPS) is 11.6. The van der Waals surface area contributed by atoms with Crippen LogP contribution in [0.5, 0.6) is 0 Å². The quantitative estimate of drug-likeness (QED) is 0.166. The van der Waals surface area contributed by atoms with Gasteiger partial charge in [-0.3, -0.25) is 30.4 Å². The standard InChI is InChI=1S/C17H24N6O7/c1-17(2,3)30-16(29)23-15(18)22-13(26)10-5-4-9(21-10)12(25)19-7-6-11(14(27)28)20-8-24/h4-5,8,11,21H,6-7H2,1-3H3,(H,19,25)(H,20,24)(H,27,28)(H3,18,22,23,26,29)/t11-/m0/s1. The Bertz CT molecular complexity index is 827. The lowest BCUT2D eigenvalue weighted by atomic mass is 10.2. The van der Waals surface area contributed by atoms with Crippen LogP contribution in [0.4, 0.5) is 4.79 Å². The average molecular weight is 424 g/mol. The van der Waals surface area contributed by atoms with Crippen molar-refractivity contribution >= 4 is 36.2 Å². The predicted molar refractivity (Wildman–Crippen MR) is 103 cm³/mol. The molecule has 4 amide bonds. The number of ether oxygens (including phenoxy) is 1. The lowest BCUT2D eigenvalue weighted by molar-refractivity contribution is -0.140. The largest absolute Gasteiger partial charge is 0.480 e. The molecule has 1 atom stereocenters. The van der Waals surface area contributed by atoms with E-state index in [4.69, 9.17) is 15.3 Å². The Hall–Kier alpha value is -3.90. The summed E-state index contributed by atoms with van der Waals surface area (Å²) in [5, 5.41) is 25.2. The summed E-state index contributed by atoms with van der Waals surface area (Å²) in [5.41, 5.74) is -0.812. The number of rotatable bonds is 8. The molecule has 7 N–H and O–H groups in total. The highest BCUT2D eigenvalue weighted by Crippen LogP contribution is 2.06. The zero-order valence-electron chi connectivity index (χ0n) is 16.6. The third-order valence-electron chi connectivity index (χ3n) is 3.33. The van der Waals surface area contributed by atoms with Crippen molar-refractivity contribution in [2.75, 3.05) is 6.54 Å². The molecule has 0 aliphatic carbocycles. The van der Waals surface area contributed by atoms with Gasteiger partial charge in [-0.05, 0) is 39.3 Å². The molecule has 0 aromatic carbocycles. The minimum Gasteiger partial charge on any atom is -0.480 e. The van der Waals surface area contributed by atoms with Crippen molar-refractivity contribution in [3.63, 3.8) is 0 Å². The molecule has 0 aliphatic heterocycles. The molecular weight excluding hydrogens is 400 g/mol. The number of carboxylic acids is 1. The van der Waals surface area contributed by atoms with Crippen LogP contribution in [0, 0.1) is 5.41 Å². The lowest BCUT2D eigenvalue weighted by Gasteiger charge is -2.19. The smallest absolute Gasteiger partial charge is 0.414 e. The number of aromatic amines is 1. The number of aromatic nitrogens is 1. The summed E-state index contributed by atoms with van der Waals surface area (Å²) < 4.78 is 4.95. The molecule has 13 nitrogen and oxygen atoms in total. The van der Waals surface area contributed by atoms with Crippen molar-refractivity contribution < 1.29 is 33.8 Å². The van der Waals surface area contributed by atoms with E-state index in [1.165, 1.54) is 12.1 Å². The Balaban J connectivity index is 2.54. The number of hydrogen-bond donors (Lipinski definition) is 7. The minimum absolute atomic E-state index is 0.0157. The van der Waals surface area contributed by atoms with Crippen molar-refractivity contribution in [2.45, 2.75) is 38.8 Å². The molecule has 0 saturated carbocycles. The summed E-state index contributed by atoms with van der Waals surface area (Å²) in [6.07, 6.45) is -0.698. The van der Waals surface area contributed by atoms with Crippen molar-refractivity contribution in [1.29, 1.82) is 5.41 Å². The van der Waals surface area contributed by atoms with E-state index in [0.717, 1.165) is 0 Å². The first-order chi connectivity index (χ1) is 13.9. The zero-order valence-corrected chi connectivity index (χ0v) is 16.6. The van der Waals surface area contributed by atoms with E-state index < -0.39 is 41.5 Å². The fourth-order valence-electron chi connectivity index (χ4n) is 2.06. The van der Waals surface area contributed by atoms with Gasteiger partial charge in [-0.1, -0.05) is 0 Å². The third-order valence-corrected chi connectivity index (χ3v) is 3.33. The van der Waals surface area contributed by atoms with Gasteiger partial charge in [0.2, 0.25) is 12.4 Å². The topological polar surface area (TPSA) is 203 Å². The maximum Gasteiger partial charge on any atom is 0.414 e. The van der Waals surface area contributed by atoms with Crippen molar-refractivity contribution in [1.82, 2.24) is 26.3 Å². The first kappa shape index (κ1) is 24.1. The van der Waals surface area contributed by atoms with Crippen LogP contribution in [0.1, 0.15) is 48.2 Å². The fourth-order valence-corrected chi connectivity index (χ4v) is 2.06. The molecule has 0 saturated heterocycles. The molecule has 0 spiro atoms. The summed E-state index contributed by atoms with van der Waals surface area (Å²) in [4.78, 5) is 59.5. The van der Waals surface area contributed by atoms with E-state index in [1.54, 1.807) is 20.8 Å². The van der Waals surface area contributed by atoms with Crippen LogP contribution < -0.4 is 21.3 Å². The maximum absolute atomic E-state index is 12.1. The SMILES string of the molecule is CC(C)(C)OC(=O)NC(=N)NC(=O)c1ccc(C(=O)NCC[C@H](NC=O)C(=O)O)[nH]1.